The summed E-state index contributed by atoms with van der Waals surface area (Å²) in [7, 11) is 5.97. The van der Waals surface area contributed by atoms with Crippen LogP contribution in [0.2, 0.25) is 0 Å². The van der Waals surface area contributed by atoms with E-state index in [4.69, 9.17) is 19.1 Å². The number of carbonyl (C=O) groups excluding carboxylic acids is 2. The molecule has 0 heterocycles. The Morgan fingerprint density at radius 1 is 0.634 bits per heavy atom. The molecule has 0 aliphatic carbocycles. The predicted molar refractivity (Wildman–Crippen MR) is 173 cm³/mol. The van der Waals surface area contributed by atoms with Gasteiger partial charge in [0.05, 0.1) is 32.1 Å². The van der Waals surface area contributed by atoms with Gasteiger partial charge in [-0.3, -0.25) is 9.59 Å². The Morgan fingerprint density at radius 2 is 0.976 bits per heavy atom. The second-order valence-corrected chi connectivity index (χ2v) is 12.0. The van der Waals surface area contributed by atoms with Crippen molar-refractivity contribution in [2.75, 3.05) is 41.5 Å². The Kier molecular flexibility index (Phi) is 15.7. The molecule has 224 valence electrons. The van der Waals surface area contributed by atoms with Gasteiger partial charge < -0.3 is 29.8 Å². The van der Waals surface area contributed by atoms with Gasteiger partial charge in [-0.1, -0.05) is 10.3 Å². The van der Waals surface area contributed by atoms with Crippen LogP contribution in [0.4, 0.5) is 0 Å². The lowest BCUT2D eigenvalue weighted by Gasteiger charge is -2.11. The van der Waals surface area contributed by atoms with Gasteiger partial charge in [0, 0.05) is 25.9 Å². The van der Waals surface area contributed by atoms with Gasteiger partial charge in [0.1, 0.15) is 37.1 Å². The summed E-state index contributed by atoms with van der Waals surface area (Å²) < 4.78 is 13.7. The molecule has 2 aromatic carbocycles. The van der Waals surface area contributed by atoms with Crippen LogP contribution in [0.25, 0.3) is 0 Å². The number of oxime groups is 2. The maximum atomic E-state index is 12.7. The third-order valence-corrected chi connectivity index (χ3v) is 7.98. The Morgan fingerprint density at radius 3 is 1.27 bits per heavy atom. The van der Waals surface area contributed by atoms with Crippen LogP contribution in [0.3, 0.4) is 0 Å². The maximum Gasteiger partial charge on any atom is 0.269 e. The van der Waals surface area contributed by atoms with Gasteiger partial charge in [0.25, 0.3) is 11.8 Å². The van der Waals surface area contributed by atoms with Gasteiger partial charge in [-0.2, -0.15) is 0 Å². The topological polar surface area (TPSA) is 120 Å². The van der Waals surface area contributed by atoms with E-state index in [-0.39, 0.29) is 36.1 Å². The predicted octanol–water partition coefficient (Wildman–Crippen LogP) is 5.95. The third kappa shape index (κ3) is 11.2. The summed E-state index contributed by atoms with van der Waals surface area (Å²) in [6.07, 6.45) is 2.82. The fourth-order valence-electron chi connectivity index (χ4n) is 3.77. The molecular formula is C27H32Br4N4O6. The van der Waals surface area contributed by atoms with E-state index in [9.17, 15) is 9.59 Å². The molecule has 2 N–H and O–H groups in total. The molecule has 0 saturated carbocycles. The number of hydrogen-bond acceptors (Lipinski definition) is 8. The van der Waals surface area contributed by atoms with Crippen molar-refractivity contribution in [3.63, 3.8) is 0 Å². The number of hydrogen-bond donors (Lipinski definition) is 2. The van der Waals surface area contributed by atoms with E-state index in [1.165, 1.54) is 14.2 Å². The van der Waals surface area contributed by atoms with Crippen LogP contribution in [0, 0.1) is 0 Å². The largest absolute Gasteiger partial charge is 0.494 e. The molecule has 10 nitrogen and oxygen atoms in total. The Labute approximate surface area is 273 Å². The average Bonchev–Trinajstić information content (AvgIpc) is 2.91. The highest BCUT2D eigenvalue weighted by atomic mass is 79.9. The van der Waals surface area contributed by atoms with Crippen LogP contribution < -0.4 is 20.1 Å². The summed E-state index contributed by atoms with van der Waals surface area (Å²) in [5, 5.41) is 13.6. The van der Waals surface area contributed by atoms with E-state index in [0.29, 0.717) is 24.6 Å². The van der Waals surface area contributed by atoms with E-state index in [2.05, 4.69) is 84.7 Å². The van der Waals surface area contributed by atoms with Gasteiger partial charge in [0.15, 0.2) is 0 Å². The SMILES string of the molecule is CO/N=C(\Cc1cc(Br)c(OC)c(Br)c1)C(=O)NCCCCCNC(=O)/C(Cc1cc(Br)c(OC)c(Br)c1)=N/OC. The Bertz CT molecular complexity index is 1130. The van der Waals surface area contributed by atoms with Crippen LogP contribution in [0.1, 0.15) is 30.4 Å². The second-order valence-electron chi connectivity index (χ2n) is 8.55. The quantitative estimate of drug-likeness (QED) is 0.123. The number of unbranched alkanes of at least 4 members (excludes halogenated alkanes) is 2. The van der Waals surface area contributed by atoms with Gasteiger partial charge in [0.2, 0.25) is 0 Å². The molecule has 14 heteroatoms. The lowest BCUT2D eigenvalue weighted by molar-refractivity contribution is -0.115. The zero-order valence-electron chi connectivity index (χ0n) is 23.1. The van der Waals surface area contributed by atoms with Crippen molar-refractivity contribution in [1.82, 2.24) is 10.6 Å². The maximum absolute atomic E-state index is 12.7. The number of rotatable bonds is 16. The minimum Gasteiger partial charge on any atom is -0.494 e. The van der Waals surface area contributed by atoms with E-state index in [1.807, 2.05) is 24.3 Å². The molecule has 2 rings (SSSR count). The van der Waals surface area contributed by atoms with Crippen molar-refractivity contribution in [3.8, 4) is 11.5 Å². The van der Waals surface area contributed by atoms with Crippen LogP contribution >= 0.6 is 63.7 Å². The molecule has 2 aromatic rings. The lowest BCUT2D eigenvalue weighted by atomic mass is 10.1. The molecule has 0 aromatic heterocycles. The van der Waals surface area contributed by atoms with Crippen molar-refractivity contribution in [2.24, 2.45) is 10.3 Å². The molecule has 2 amide bonds. The highest BCUT2D eigenvalue weighted by molar-refractivity contribution is 9.11. The molecular weight excluding hydrogens is 796 g/mol. The number of benzene rings is 2. The van der Waals surface area contributed by atoms with Crippen molar-refractivity contribution < 1.29 is 28.7 Å². The summed E-state index contributed by atoms with van der Waals surface area (Å²) in [6, 6.07) is 7.48. The summed E-state index contributed by atoms with van der Waals surface area (Å²) in [5.41, 5.74) is 2.22. The van der Waals surface area contributed by atoms with Gasteiger partial charge in [-0.15, -0.1) is 0 Å². The summed E-state index contributed by atoms with van der Waals surface area (Å²) in [5.74, 6) is 0.724. The molecule has 0 bridgehead atoms. The van der Waals surface area contributed by atoms with Crippen molar-refractivity contribution >= 4 is 87.0 Å². The van der Waals surface area contributed by atoms with Crippen molar-refractivity contribution in [3.05, 3.63) is 53.3 Å². The number of halogens is 4. The zero-order valence-corrected chi connectivity index (χ0v) is 29.5. The van der Waals surface area contributed by atoms with E-state index in [0.717, 1.165) is 48.3 Å². The summed E-state index contributed by atoms with van der Waals surface area (Å²) >= 11 is 13.9. The molecule has 41 heavy (non-hydrogen) atoms. The molecule has 0 fully saturated rings. The van der Waals surface area contributed by atoms with Crippen molar-refractivity contribution in [2.45, 2.75) is 32.1 Å². The first-order chi connectivity index (χ1) is 19.6. The molecule has 0 atom stereocenters. The number of amides is 2. The third-order valence-electron chi connectivity index (χ3n) is 5.62. The van der Waals surface area contributed by atoms with Crippen LogP contribution in [-0.4, -0.2) is 64.8 Å². The number of carbonyl (C=O) groups is 2. The van der Waals surface area contributed by atoms with E-state index >= 15 is 0 Å². The molecule has 0 aliphatic rings. The molecule has 0 spiro atoms. The summed E-state index contributed by atoms with van der Waals surface area (Å²) in [6.45, 7) is 0.923. The monoisotopic (exact) mass is 824 g/mol. The molecule has 0 radical (unpaired) electrons. The highest BCUT2D eigenvalue weighted by Crippen LogP contribution is 2.35. The lowest BCUT2D eigenvalue weighted by Crippen LogP contribution is -2.34. The highest BCUT2D eigenvalue weighted by Gasteiger charge is 2.17. The minimum absolute atomic E-state index is 0.254. The molecule has 0 saturated heterocycles. The number of nitrogens with one attached hydrogen (secondary N) is 2. The number of nitrogens with zero attached hydrogens (tertiary/aromatic N) is 2. The number of methoxy groups -OCH3 is 2. The molecule has 0 unspecified atom stereocenters. The van der Waals surface area contributed by atoms with Gasteiger partial charge >= 0.3 is 0 Å². The summed E-state index contributed by atoms with van der Waals surface area (Å²) in [4.78, 5) is 35.2. The smallest absolute Gasteiger partial charge is 0.269 e. The van der Waals surface area contributed by atoms with Crippen LogP contribution in [-0.2, 0) is 32.1 Å². The zero-order chi connectivity index (χ0) is 30.4. The van der Waals surface area contributed by atoms with E-state index in [1.54, 1.807) is 14.2 Å². The first-order valence-corrected chi connectivity index (χ1v) is 15.6. The average molecular weight is 828 g/mol. The van der Waals surface area contributed by atoms with Crippen LogP contribution in [0.5, 0.6) is 11.5 Å². The van der Waals surface area contributed by atoms with Gasteiger partial charge in [-0.05, 0) is 118 Å². The molecule has 0 aliphatic heterocycles. The second kappa shape index (κ2) is 18.4. The normalized spacial score (nSPS) is 11.6. The minimum atomic E-state index is -0.305. The Hall–Kier alpha value is -2.16. The van der Waals surface area contributed by atoms with E-state index < -0.39 is 0 Å². The standard InChI is InChI=1S/C27H32Br4N4O6/c1-38-24-18(28)10-16(11-19(24)29)14-22(34-40-3)26(36)32-8-6-5-7-9-33-27(37)23(35-41-4)15-17-12-20(30)25(39-2)21(31)13-17/h10-13H,5-9,14-15H2,1-4H3,(H,32,36)(H,33,37)/b34-22+,35-23+. The fraction of sp³-hybridized carbons (Fsp3) is 0.407. The van der Waals surface area contributed by atoms with Crippen molar-refractivity contribution in [1.29, 1.82) is 0 Å². The Balaban J connectivity index is 1.78. The van der Waals surface area contributed by atoms with Crippen LogP contribution in [0.15, 0.2) is 52.5 Å². The first kappa shape index (κ1) is 35.0. The first-order valence-electron chi connectivity index (χ1n) is 12.4. The number of ether oxygens (including phenoxy) is 2. The van der Waals surface area contributed by atoms with Gasteiger partial charge in [-0.25, -0.2) is 0 Å². The fourth-order valence-corrected chi connectivity index (χ4v) is 6.98.